The van der Waals surface area contributed by atoms with Crippen LogP contribution in [0.1, 0.15) is 41.5 Å². The first-order valence-electron chi connectivity index (χ1n) is 7.69. The van der Waals surface area contributed by atoms with E-state index in [1.807, 2.05) is 65.8 Å². The molecular weight excluding hydrogens is 320 g/mol. The first kappa shape index (κ1) is 18.2. The summed E-state index contributed by atoms with van der Waals surface area (Å²) in [5, 5.41) is 37.4. The number of rotatable bonds is 0. The lowest BCUT2D eigenvalue weighted by Gasteiger charge is -2.43. The van der Waals surface area contributed by atoms with Gasteiger partial charge in [-0.05, 0) is 22.0 Å². The van der Waals surface area contributed by atoms with Crippen molar-refractivity contribution in [1.29, 1.82) is 21.0 Å². The topological polar surface area (TPSA) is 112 Å². The van der Waals surface area contributed by atoms with Crippen LogP contribution in [-0.4, -0.2) is 14.7 Å². The van der Waals surface area contributed by atoms with Crippen molar-refractivity contribution in [2.24, 2.45) is 21.7 Å². The van der Waals surface area contributed by atoms with Crippen LogP contribution >= 0.6 is 0 Å². The molecule has 124 valence electrons. The van der Waals surface area contributed by atoms with Gasteiger partial charge < -0.3 is 0 Å². The second kappa shape index (κ2) is 4.92. The van der Waals surface area contributed by atoms with Crippen molar-refractivity contribution in [1.82, 2.24) is 0 Å². The van der Waals surface area contributed by atoms with Gasteiger partial charge in [-0.15, -0.1) is 0 Å². The maximum Gasteiger partial charge on any atom is 0.194 e. The summed E-state index contributed by atoms with van der Waals surface area (Å²) in [5.41, 5.74) is -3.08. The van der Waals surface area contributed by atoms with Crippen molar-refractivity contribution in [3.63, 3.8) is 0 Å². The van der Waals surface area contributed by atoms with Gasteiger partial charge in [0, 0.05) is 10.8 Å². The highest BCUT2D eigenvalue weighted by Gasteiger charge is 2.78. The van der Waals surface area contributed by atoms with Crippen LogP contribution in [0.25, 0.3) is 0 Å². The van der Waals surface area contributed by atoms with Gasteiger partial charge in [0.2, 0.25) is 0 Å². The molecule has 1 unspecified atom stereocenters. The van der Waals surface area contributed by atoms with Crippen LogP contribution in [0.15, 0.2) is 11.1 Å². The molecule has 2 rings (SSSR count). The Labute approximate surface area is 145 Å². The molecule has 1 saturated heterocycles. The van der Waals surface area contributed by atoms with E-state index in [0.29, 0.717) is 0 Å². The van der Waals surface area contributed by atoms with Gasteiger partial charge in [-0.25, -0.2) is 0 Å². The average Bonchev–Trinajstić information content (AvgIpc) is 2.90. The molecule has 24 heavy (non-hydrogen) atoms. The lowest BCUT2D eigenvalue weighted by atomic mass is 9.52. The van der Waals surface area contributed by atoms with Crippen molar-refractivity contribution in [2.45, 2.75) is 52.0 Å². The minimum Gasteiger partial charge on any atom is -0.258 e. The standard InChI is InChI=1S/C18H20N4OS/c1-15(2,3)11-12(16(4,5)6)14-18(9-21,10-22)17(7-19,8-20)13(11)24(14)23/h13-14H,1-6H3/t13-,14+,24?. The zero-order valence-electron chi connectivity index (χ0n) is 14.8. The van der Waals surface area contributed by atoms with E-state index in [1.165, 1.54) is 0 Å². The Morgan fingerprint density at radius 3 is 1.17 bits per heavy atom. The molecule has 0 radical (unpaired) electrons. The number of hydrogen-bond donors (Lipinski definition) is 0. The van der Waals surface area contributed by atoms with Crippen LogP contribution in [0.2, 0.25) is 0 Å². The van der Waals surface area contributed by atoms with Crippen LogP contribution in [0, 0.1) is 67.0 Å². The summed E-state index contributed by atoms with van der Waals surface area (Å²) in [5.74, 6) is 0. The molecule has 1 fully saturated rings. The monoisotopic (exact) mass is 340 g/mol. The van der Waals surface area contributed by atoms with Crippen molar-refractivity contribution in [3.05, 3.63) is 11.1 Å². The maximum absolute atomic E-state index is 13.2. The average molecular weight is 340 g/mol. The Hall–Kier alpha value is -2.15. The number of fused-ring (bicyclic) bond motifs is 2. The molecule has 0 aliphatic carbocycles. The van der Waals surface area contributed by atoms with Crippen LogP contribution in [-0.2, 0) is 10.8 Å². The molecule has 2 bridgehead atoms. The zero-order valence-corrected chi connectivity index (χ0v) is 15.6. The Balaban J connectivity index is 3.06. The number of nitrogens with zero attached hydrogens (tertiary/aromatic N) is 4. The molecule has 3 atom stereocenters. The summed E-state index contributed by atoms with van der Waals surface area (Å²) in [6, 6.07) is 7.69. The van der Waals surface area contributed by atoms with Gasteiger partial charge in [0.25, 0.3) is 0 Å². The third-order valence-electron chi connectivity index (χ3n) is 5.01. The molecule has 0 spiro atoms. The lowest BCUT2D eigenvalue weighted by Crippen LogP contribution is -2.51. The van der Waals surface area contributed by atoms with Crippen LogP contribution in [0.5, 0.6) is 0 Å². The third kappa shape index (κ3) is 1.79. The minimum atomic E-state index is -1.91. The Morgan fingerprint density at radius 1 is 0.750 bits per heavy atom. The fourth-order valence-corrected chi connectivity index (χ4v) is 7.06. The van der Waals surface area contributed by atoms with Gasteiger partial charge in [0.15, 0.2) is 10.8 Å². The normalized spacial score (nSPS) is 30.2. The van der Waals surface area contributed by atoms with E-state index in [1.54, 1.807) is 0 Å². The molecule has 0 aromatic rings. The van der Waals surface area contributed by atoms with E-state index < -0.39 is 43.0 Å². The van der Waals surface area contributed by atoms with Gasteiger partial charge in [0.1, 0.15) is 0 Å². The van der Waals surface area contributed by atoms with Crippen LogP contribution in [0.3, 0.4) is 0 Å². The highest BCUT2D eigenvalue weighted by Crippen LogP contribution is 2.67. The molecular formula is C18H20N4OS. The van der Waals surface area contributed by atoms with Crippen molar-refractivity contribution >= 4 is 10.8 Å². The highest BCUT2D eigenvalue weighted by atomic mass is 32.2. The predicted octanol–water partition coefficient (Wildman–Crippen LogP) is 2.96. The Morgan fingerprint density at radius 2 is 1.00 bits per heavy atom. The predicted molar refractivity (Wildman–Crippen MR) is 89.0 cm³/mol. The molecule has 0 aromatic carbocycles. The summed E-state index contributed by atoms with van der Waals surface area (Å²) in [4.78, 5) is 0. The van der Waals surface area contributed by atoms with Gasteiger partial charge in [-0.1, -0.05) is 41.5 Å². The van der Waals surface area contributed by atoms with Crippen molar-refractivity contribution in [3.8, 4) is 24.3 Å². The largest absolute Gasteiger partial charge is 0.258 e. The molecule has 0 saturated carbocycles. The van der Waals surface area contributed by atoms with Crippen molar-refractivity contribution < 1.29 is 4.21 Å². The van der Waals surface area contributed by atoms with Gasteiger partial charge in [-0.3, -0.25) is 4.21 Å². The first-order valence-corrected chi connectivity index (χ1v) is 8.96. The fraction of sp³-hybridized carbons (Fsp3) is 0.667. The second-order valence-electron chi connectivity index (χ2n) is 8.48. The van der Waals surface area contributed by atoms with Crippen LogP contribution < -0.4 is 0 Å². The summed E-state index contributed by atoms with van der Waals surface area (Å²) < 4.78 is 13.2. The number of hydrogen-bond acceptors (Lipinski definition) is 5. The highest BCUT2D eigenvalue weighted by molar-refractivity contribution is 7.87. The van der Waals surface area contributed by atoms with Gasteiger partial charge in [-0.2, -0.15) is 21.0 Å². The quantitative estimate of drug-likeness (QED) is 0.629. The van der Waals surface area contributed by atoms with Crippen LogP contribution in [0.4, 0.5) is 0 Å². The van der Waals surface area contributed by atoms with Gasteiger partial charge >= 0.3 is 0 Å². The molecule has 2 heterocycles. The van der Waals surface area contributed by atoms with E-state index in [2.05, 4.69) is 0 Å². The zero-order chi connectivity index (χ0) is 18.7. The number of nitriles is 4. The summed E-state index contributed by atoms with van der Waals surface area (Å²) in [6.45, 7) is 11.7. The lowest BCUT2D eigenvalue weighted by molar-refractivity contribution is 0.265. The SMILES string of the molecule is CC(C)(C)C1=C(C(C)(C)C)[C@H]2S(=O)[C@@H]1C(C#N)(C#N)C2(C#N)C#N. The molecule has 5 nitrogen and oxygen atoms in total. The maximum atomic E-state index is 13.2. The fourth-order valence-electron chi connectivity index (χ4n) is 4.08. The van der Waals surface area contributed by atoms with E-state index in [0.717, 1.165) is 11.1 Å². The Kier molecular flexibility index (Phi) is 3.73. The molecule has 0 aromatic heterocycles. The first-order chi connectivity index (χ1) is 10.9. The Bertz CT molecular complexity index is 731. The minimum absolute atomic E-state index is 0.423. The molecule has 2 aliphatic rings. The summed E-state index contributed by atoms with van der Waals surface area (Å²) in [7, 11) is -1.66. The van der Waals surface area contributed by atoms with E-state index >= 15 is 0 Å². The molecule has 0 amide bonds. The van der Waals surface area contributed by atoms with E-state index in [9.17, 15) is 25.3 Å². The molecule has 0 N–H and O–H groups in total. The second-order valence-corrected chi connectivity index (χ2v) is 10.1. The summed E-state index contributed by atoms with van der Waals surface area (Å²) in [6.07, 6.45) is 0. The smallest absolute Gasteiger partial charge is 0.194 e. The van der Waals surface area contributed by atoms with Gasteiger partial charge in [0.05, 0.1) is 34.8 Å². The van der Waals surface area contributed by atoms with E-state index in [-0.39, 0.29) is 0 Å². The van der Waals surface area contributed by atoms with E-state index in [4.69, 9.17) is 0 Å². The molecule has 2 aliphatic heterocycles. The summed E-state index contributed by atoms with van der Waals surface area (Å²) >= 11 is 0. The van der Waals surface area contributed by atoms with Crippen molar-refractivity contribution in [2.75, 3.05) is 0 Å². The third-order valence-corrected chi connectivity index (χ3v) is 7.12. The molecule has 6 heteroatoms.